The van der Waals surface area contributed by atoms with Crippen LogP contribution in [0.25, 0.3) is 11.1 Å². The summed E-state index contributed by atoms with van der Waals surface area (Å²) in [5, 5.41) is 0. The van der Waals surface area contributed by atoms with Crippen molar-refractivity contribution >= 4 is 0 Å². The van der Waals surface area contributed by atoms with E-state index in [0.717, 1.165) is 24.3 Å². The maximum Gasteiger partial charge on any atom is 0.276 e. The fraction of sp³-hybridized carbons (Fsp3) is 0.250. The molecule has 0 saturated heterocycles. The zero-order valence-electron chi connectivity index (χ0n) is 17.2. The highest BCUT2D eigenvalue weighted by Crippen LogP contribution is 2.36. The first-order valence-corrected chi connectivity index (χ1v) is 9.79. The van der Waals surface area contributed by atoms with E-state index in [1.54, 1.807) is 6.92 Å². The summed E-state index contributed by atoms with van der Waals surface area (Å²) in [5.74, 6) is -10.0. The average molecular weight is 456 g/mol. The van der Waals surface area contributed by atoms with Crippen molar-refractivity contribution in [2.45, 2.75) is 32.6 Å². The average Bonchev–Trinajstić information content (AvgIpc) is 2.75. The van der Waals surface area contributed by atoms with Gasteiger partial charge in [0.05, 0.1) is 6.61 Å². The summed E-state index contributed by atoms with van der Waals surface area (Å²) in [5.41, 5.74) is -1.33. The predicted octanol–water partition coefficient (Wildman–Crippen LogP) is 7.48. The van der Waals surface area contributed by atoms with Crippen LogP contribution in [0, 0.1) is 36.0 Å². The van der Waals surface area contributed by atoms with Crippen LogP contribution in [0.1, 0.15) is 30.0 Å². The van der Waals surface area contributed by atoms with Gasteiger partial charge in [0.2, 0.25) is 5.82 Å². The number of hydrogen-bond donors (Lipinski definition) is 0. The molecular weight excluding hydrogens is 437 g/mol. The van der Waals surface area contributed by atoms with Crippen LogP contribution in [-0.4, -0.2) is 6.61 Å². The fourth-order valence-corrected chi connectivity index (χ4v) is 3.20. The molecule has 1 nitrogen and oxygen atoms in total. The zero-order chi connectivity index (χ0) is 23.6. The molecule has 0 saturated carbocycles. The van der Waals surface area contributed by atoms with Crippen molar-refractivity contribution in [1.82, 2.24) is 0 Å². The molecule has 0 radical (unpaired) electrons. The molecule has 32 heavy (non-hydrogen) atoms. The second-order valence-electron chi connectivity index (χ2n) is 7.26. The Morgan fingerprint density at radius 2 is 1.47 bits per heavy atom. The van der Waals surface area contributed by atoms with Crippen molar-refractivity contribution in [1.29, 1.82) is 0 Å². The van der Waals surface area contributed by atoms with Crippen LogP contribution >= 0.6 is 0 Å². The maximum atomic E-state index is 14.5. The molecule has 0 aliphatic heterocycles. The molecule has 0 N–H and O–H groups in total. The van der Waals surface area contributed by atoms with E-state index in [4.69, 9.17) is 4.74 Å². The molecule has 0 aliphatic rings. The molecule has 0 spiro atoms. The largest absolute Gasteiger partial charge is 0.490 e. The topological polar surface area (TPSA) is 9.23 Å². The molecule has 0 unspecified atom stereocenters. The Morgan fingerprint density at radius 1 is 0.781 bits per heavy atom. The van der Waals surface area contributed by atoms with E-state index >= 15 is 0 Å². The lowest BCUT2D eigenvalue weighted by atomic mass is 9.98. The van der Waals surface area contributed by atoms with Gasteiger partial charge in [-0.15, -0.1) is 0 Å². The van der Waals surface area contributed by atoms with E-state index in [-0.39, 0.29) is 23.1 Å². The highest BCUT2D eigenvalue weighted by atomic mass is 19.3. The van der Waals surface area contributed by atoms with E-state index in [2.05, 4.69) is 0 Å². The number of alkyl halides is 2. The standard InChI is InChI=1S/C24H19F7O/c1-3-14-5-9-19(23(29)21(14)27)32-11-10-24(30,31)15-6-8-16(18(25)12-15)17-7-4-13(2)20(26)22(17)28/h4-9,12H,3,10-11H2,1-2H3. The van der Waals surface area contributed by atoms with Crippen molar-refractivity contribution in [3.8, 4) is 16.9 Å². The van der Waals surface area contributed by atoms with Gasteiger partial charge in [-0.05, 0) is 36.6 Å². The number of aryl methyl sites for hydroxylation is 2. The molecule has 0 aromatic heterocycles. The third-order valence-electron chi connectivity index (χ3n) is 5.14. The van der Waals surface area contributed by atoms with Crippen molar-refractivity contribution in [2.24, 2.45) is 0 Å². The summed E-state index contributed by atoms with van der Waals surface area (Å²) in [6, 6.07) is 7.23. The SMILES string of the molecule is CCc1ccc(OCCC(F)(F)c2ccc(-c3ccc(C)c(F)c3F)c(F)c2)c(F)c1F. The molecule has 0 amide bonds. The smallest absolute Gasteiger partial charge is 0.276 e. The Hall–Kier alpha value is -3.03. The van der Waals surface area contributed by atoms with Crippen LogP contribution in [0.2, 0.25) is 0 Å². The van der Waals surface area contributed by atoms with Crippen molar-refractivity contribution < 1.29 is 35.5 Å². The van der Waals surface area contributed by atoms with E-state index in [1.807, 2.05) is 0 Å². The summed E-state index contributed by atoms with van der Waals surface area (Å²) in [6.45, 7) is 2.30. The van der Waals surface area contributed by atoms with Gasteiger partial charge in [0.1, 0.15) is 5.82 Å². The van der Waals surface area contributed by atoms with Crippen LogP contribution in [0.5, 0.6) is 5.75 Å². The molecule has 3 rings (SSSR count). The van der Waals surface area contributed by atoms with Gasteiger partial charge in [-0.1, -0.05) is 37.3 Å². The second-order valence-corrected chi connectivity index (χ2v) is 7.26. The molecule has 0 atom stereocenters. The summed E-state index contributed by atoms with van der Waals surface area (Å²) in [6.07, 6.45) is -0.697. The maximum absolute atomic E-state index is 14.5. The minimum atomic E-state index is -3.57. The summed E-state index contributed by atoms with van der Waals surface area (Å²) < 4.78 is 104. The molecular formula is C24H19F7O. The van der Waals surface area contributed by atoms with Crippen molar-refractivity contribution in [3.63, 3.8) is 0 Å². The number of halogens is 7. The van der Waals surface area contributed by atoms with Crippen LogP contribution < -0.4 is 4.74 Å². The van der Waals surface area contributed by atoms with Crippen molar-refractivity contribution in [2.75, 3.05) is 6.61 Å². The number of hydrogen-bond acceptors (Lipinski definition) is 1. The second kappa shape index (κ2) is 9.22. The van der Waals surface area contributed by atoms with Crippen molar-refractivity contribution in [3.05, 3.63) is 88.2 Å². The Balaban J connectivity index is 1.76. The Morgan fingerprint density at radius 3 is 2.12 bits per heavy atom. The highest BCUT2D eigenvalue weighted by molar-refractivity contribution is 5.66. The first-order valence-electron chi connectivity index (χ1n) is 9.79. The predicted molar refractivity (Wildman–Crippen MR) is 106 cm³/mol. The molecule has 0 aliphatic carbocycles. The molecule has 0 bridgehead atoms. The number of benzene rings is 3. The van der Waals surface area contributed by atoms with Crippen LogP contribution in [0.4, 0.5) is 30.7 Å². The monoisotopic (exact) mass is 456 g/mol. The van der Waals surface area contributed by atoms with E-state index < -0.39 is 64.9 Å². The Kier molecular flexibility index (Phi) is 6.81. The number of rotatable bonds is 7. The van der Waals surface area contributed by atoms with E-state index in [9.17, 15) is 30.7 Å². The minimum Gasteiger partial charge on any atom is -0.490 e. The fourth-order valence-electron chi connectivity index (χ4n) is 3.20. The lowest BCUT2D eigenvalue weighted by Crippen LogP contribution is -2.18. The van der Waals surface area contributed by atoms with Gasteiger partial charge in [-0.3, -0.25) is 0 Å². The molecule has 170 valence electrons. The van der Waals surface area contributed by atoms with Crippen LogP contribution in [0.3, 0.4) is 0 Å². The van der Waals surface area contributed by atoms with Gasteiger partial charge in [-0.2, -0.15) is 4.39 Å². The van der Waals surface area contributed by atoms with E-state index in [1.165, 1.54) is 19.1 Å². The molecule has 3 aromatic carbocycles. The summed E-state index contributed by atoms with van der Waals surface area (Å²) in [7, 11) is 0. The molecule has 3 aromatic rings. The van der Waals surface area contributed by atoms with Gasteiger partial charge in [0.25, 0.3) is 5.92 Å². The number of ether oxygens (including phenoxy) is 1. The third kappa shape index (κ3) is 4.59. The lowest BCUT2D eigenvalue weighted by molar-refractivity contribution is -0.0248. The van der Waals surface area contributed by atoms with Gasteiger partial charge >= 0.3 is 0 Å². The van der Waals surface area contributed by atoms with Gasteiger partial charge in [0, 0.05) is 23.1 Å². The zero-order valence-corrected chi connectivity index (χ0v) is 17.2. The van der Waals surface area contributed by atoms with Crippen LogP contribution in [-0.2, 0) is 12.3 Å². The third-order valence-corrected chi connectivity index (χ3v) is 5.14. The quantitative estimate of drug-likeness (QED) is 0.335. The van der Waals surface area contributed by atoms with Crippen LogP contribution in [0.15, 0.2) is 42.5 Å². The Bertz CT molecular complexity index is 1140. The first kappa shape index (κ1) is 23.6. The summed E-state index contributed by atoms with van der Waals surface area (Å²) >= 11 is 0. The van der Waals surface area contributed by atoms with E-state index in [0.29, 0.717) is 6.07 Å². The minimum absolute atomic E-state index is 0.0236. The van der Waals surface area contributed by atoms with Gasteiger partial charge in [-0.25, -0.2) is 26.3 Å². The first-order chi connectivity index (χ1) is 15.1. The highest BCUT2D eigenvalue weighted by Gasteiger charge is 2.33. The summed E-state index contributed by atoms with van der Waals surface area (Å²) in [4.78, 5) is 0. The molecule has 0 heterocycles. The van der Waals surface area contributed by atoms with Gasteiger partial charge < -0.3 is 4.74 Å². The normalized spacial score (nSPS) is 11.7. The lowest BCUT2D eigenvalue weighted by Gasteiger charge is -2.18. The molecule has 0 fully saturated rings. The van der Waals surface area contributed by atoms with Gasteiger partial charge in [0.15, 0.2) is 23.2 Å². The Labute approximate surface area is 180 Å². The molecule has 8 heteroatoms.